The Labute approximate surface area is 184 Å². The van der Waals surface area contributed by atoms with E-state index in [-0.39, 0.29) is 54.3 Å². The van der Waals surface area contributed by atoms with Crippen LogP contribution in [0.25, 0.3) is 0 Å². The normalized spacial score (nSPS) is 21.1. The van der Waals surface area contributed by atoms with Crippen LogP contribution in [0.1, 0.15) is 19.4 Å². The fourth-order valence-electron chi connectivity index (χ4n) is 3.02. The van der Waals surface area contributed by atoms with Crippen molar-refractivity contribution in [3.05, 3.63) is 35.6 Å². The number of guanidine groups is 1. The molecule has 2 unspecified atom stereocenters. The van der Waals surface area contributed by atoms with Crippen LogP contribution >= 0.6 is 24.0 Å². The topological polar surface area (TPSA) is 83.0 Å². The molecule has 1 fully saturated rings. The van der Waals surface area contributed by atoms with Gasteiger partial charge in [-0.2, -0.15) is 4.31 Å². The molecule has 0 spiro atoms. The summed E-state index contributed by atoms with van der Waals surface area (Å²) in [6, 6.07) is 6.62. The smallest absolute Gasteiger partial charge is 0.216 e. The van der Waals surface area contributed by atoms with Crippen LogP contribution in [0, 0.1) is 5.82 Å². The molecule has 1 aromatic carbocycles. The maximum atomic E-state index is 13.6. The van der Waals surface area contributed by atoms with E-state index in [4.69, 9.17) is 4.74 Å². The van der Waals surface area contributed by atoms with Crippen molar-refractivity contribution in [1.82, 2.24) is 14.9 Å². The Morgan fingerprint density at radius 2 is 1.82 bits per heavy atom. The predicted molar refractivity (Wildman–Crippen MR) is 120 cm³/mol. The number of hydrogen-bond acceptors (Lipinski definition) is 4. The molecule has 1 saturated heterocycles. The summed E-state index contributed by atoms with van der Waals surface area (Å²) in [5.74, 6) is 0.230. The van der Waals surface area contributed by atoms with Gasteiger partial charge in [-0.3, -0.25) is 4.99 Å². The van der Waals surface area contributed by atoms with Gasteiger partial charge >= 0.3 is 0 Å². The summed E-state index contributed by atoms with van der Waals surface area (Å²) in [5, 5.41) is 6.06. The molecule has 0 aromatic heterocycles. The number of morpholine rings is 1. The van der Waals surface area contributed by atoms with Crippen LogP contribution in [0.2, 0.25) is 0 Å². The molecule has 28 heavy (non-hydrogen) atoms. The van der Waals surface area contributed by atoms with Crippen molar-refractivity contribution in [3.63, 3.8) is 0 Å². The summed E-state index contributed by atoms with van der Waals surface area (Å²) >= 11 is 0. The van der Waals surface area contributed by atoms with Crippen LogP contribution in [0.3, 0.4) is 0 Å². The van der Waals surface area contributed by atoms with Crippen LogP contribution in [-0.4, -0.2) is 69.9 Å². The third-order valence-corrected chi connectivity index (χ3v) is 6.11. The lowest BCUT2D eigenvalue weighted by Gasteiger charge is -2.34. The SMILES string of the molecule is CN=C(NCCc1ccccc1F)NCCS(=O)(=O)N1CC(C)OC(C)C1.I. The fraction of sp³-hybridized carbons (Fsp3) is 0.611. The molecule has 0 aliphatic carbocycles. The van der Waals surface area contributed by atoms with E-state index in [2.05, 4.69) is 15.6 Å². The largest absolute Gasteiger partial charge is 0.373 e. The van der Waals surface area contributed by atoms with Gasteiger partial charge in [-0.1, -0.05) is 18.2 Å². The second kappa shape index (κ2) is 11.9. The molecule has 0 radical (unpaired) electrons. The molecule has 2 rings (SSSR count). The van der Waals surface area contributed by atoms with E-state index >= 15 is 0 Å². The molecule has 7 nitrogen and oxygen atoms in total. The minimum atomic E-state index is -3.36. The van der Waals surface area contributed by atoms with Gasteiger partial charge in [0, 0.05) is 33.2 Å². The van der Waals surface area contributed by atoms with Gasteiger partial charge in [0.25, 0.3) is 0 Å². The van der Waals surface area contributed by atoms with Gasteiger partial charge in [-0.15, -0.1) is 24.0 Å². The number of halogens is 2. The Kier molecular flexibility index (Phi) is 10.6. The first-order valence-electron chi connectivity index (χ1n) is 9.13. The third-order valence-electron chi connectivity index (χ3n) is 4.30. The molecule has 2 N–H and O–H groups in total. The maximum absolute atomic E-state index is 13.6. The van der Waals surface area contributed by atoms with Gasteiger partial charge in [-0.25, -0.2) is 12.8 Å². The van der Waals surface area contributed by atoms with Crippen molar-refractivity contribution in [2.24, 2.45) is 4.99 Å². The summed E-state index contributed by atoms with van der Waals surface area (Å²) in [6.45, 7) is 5.23. The molecular weight excluding hydrogens is 498 g/mol. The molecule has 10 heteroatoms. The van der Waals surface area contributed by atoms with Crippen molar-refractivity contribution in [2.45, 2.75) is 32.5 Å². The summed E-state index contributed by atoms with van der Waals surface area (Å²) in [6.07, 6.45) is 0.295. The number of hydrogen-bond donors (Lipinski definition) is 2. The Hall–Kier alpha value is -0.980. The van der Waals surface area contributed by atoms with Crippen LogP contribution < -0.4 is 10.6 Å². The molecule has 160 valence electrons. The van der Waals surface area contributed by atoms with Crippen LogP contribution in [0.5, 0.6) is 0 Å². The van der Waals surface area contributed by atoms with E-state index in [0.717, 1.165) is 0 Å². The van der Waals surface area contributed by atoms with Gasteiger partial charge in [0.1, 0.15) is 5.82 Å². The average Bonchev–Trinajstić information content (AvgIpc) is 2.61. The Morgan fingerprint density at radius 1 is 1.21 bits per heavy atom. The van der Waals surface area contributed by atoms with Gasteiger partial charge < -0.3 is 15.4 Å². The van der Waals surface area contributed by atoms with Crippen molar-refractivity contribution in [2.75, 3.05) is 39.0 Å². The first-order valence-corrected chi connectivity index (χ1v) is 10.7. The van der Waals surface area contributed by atoms with Crippen LogP contribution in [0.4, 0.5) is 4.39 Å². The lowest BCUT2D eigenvalue weighted by atomic mass is 10.1. The zero-order valence-corrected chi connectivity index (χ0v) is 19.7. The van der Waals surface area contributed by atoms with Crippen LogP contribution in [0.15, 0.2) is 29.3 Å². The first-order chi connectivity index (χ1) is 12.8. The number of ether oxygens (including phenoxy) is 1. The molecule has 0 bridgehead atoms. The van der Waals surface area contributed by atoms with E-state index in [9.17, 15) is 12.8 Å². The number of sulfonamides is 1. The summed E-state index contributed by atoms with van der Waals surface area (Å²) in [4.78, 5) is 4.07. The second-order valence-electron chi connectivity index (χ2n) is 6.66. The first kappa shape index (κ1) is 25.1. The van der Waals surface area contributed by atoms with Crippen molar-refractivity contribution in [3.8, 4) is 0 Å². The van der Waals surface area contributed by atoms with Crippen molar-refractivity contribution < 1.29 is 17.5 Å². The lowest BCUT2D eigenvalue weighted by molar-refractivity contribution is -0.0440. The molecule has 0 amide bonds. The number of benzene rings is 1. The summed E-state index contributed by atoms with van der Waals surface area (Å²) in [7, 11) is -1.75. The third kappa shape index (κ3) is 7.80. The Balaban J connectivity index is 0.00000392. The van der Waals surface area contributed by atoms with E-state index in [1.165, 1.54) is 10.4 Å². The predicted octanol–water partition coefficient (Wildman–Crippen LogP) is 1.59. The lowest BCUT2D eigenvalue weighted by Crippen LogP contribution is -2.50. The molecular formula is C18H30FIN4O3S. The molecule has 2 atom stereocenters. The average molecular weight is 528 g/mol. The quantitative estimate of drug-likeness (QED) is 0.319. The minimum Gasteiger partial charge on any atom is -0.373 e. The monoisotopic (exact) mass is 528 g/mol. The molecule has 1 aliphatic heterocycles. The molecule has 1 aromatic rings. The van der Waals surface area contributed by atoms with Crippen LogP contribution in [-0.2, 0) is 21.2 Å². The highest BCUT2D eigenvalue weighted by Crippen LogP contribution is 2.14. The zero-order chi connectivity index (χ0) is 19.9. The number of nitrogens with one attached hydrogen (secondary N) is 2. The number of rotatable bonds is 7. The molecule has 1 heterocycles. The summed E-state index contributed by atoms with van der Waals surface area (Å²) < 4.78 is 45.7. The van der Waals surface area contributed by atoms with E-state index < -0.39 is 10.0 Å². The highest BCUT2D eigenvalue weighted by atomic mass is 127. The maximum Gasteiger partial charge on any atom is 0.216 e. The number of aliphatic imine (C=N–C) groups is 1. The highest BCUT2D eigenvalue weighted by molar-refractivity contribution is 14.0. The molecule has 0 saturated carbocycles. The Bertz CT molecular complexity index is 738. The zero-order valence-electron chi connectivity index (χ0n) is 16.5. The van der Waals surface area contributed by atoms with E-state index in [0.29, 0.717) is 37.6 Å². The summed E-state index contributed by atoms with van der Waals surface area (Å²) in [5.41, 5.74) is 0.624. The van der Waals surface area contributed by atoms with Gasteiger partial charge in [0.2, 0.25) is 10.0 Å². The van der Waals surface area contributed by atoms with E-state index in [1.54, 1.807) is 25.2 Å². The number of nitrogens with zero attached hydrogens (tertiary/aromatic N) is 2. The van der Waals surface area contributed by atoms with Gasteiger partial charge in [-0.05, 0) is 31.9 Å². The fourth-order valence-corrected chi connectivity index (χ4v) is 4.51. The Morgan fingerprint density at radius 3 is 2.43 bits per heavy atom. The van der Waals surface area contributed by atoms with Crippen molar-refractivity contribution >= 4 is 40.0 Å². The highest BCUT2D eigenvalue weighted by Gasteiger charge is 2.30. The molecule has 1 aliphatic rings. The van der Waals surface area contributed by atoms with Gasteiger partial charge in [0.15, 0.2) is 5.96 Å². The van der Waals surface area contributed by atoms with Crippen molar-refractivity contribution in [1.29, 1.82) is 0 Å². The standard InChI is InChI=1S/C18H29FN4O3S.HI/c1-14-12-23(13-15(2)26-14)27(24,25)11-10-22-18(20-3)21-9-8-16-6-4-5-7-17(16)19;/h4-7,14-15H,8-13H2,1-3H3,(H2,20,21,22);1H. The minimum absolute atomic E-state index is 0. The van der Waals surface area contributed by atoms with E-state index in [1.807, 2.05) is 13.8 Å². The second-order valence-corrected chi connectivity index (χ2v) is 8.75. The van der Waals surface area contributed by atoms with Gasteiger partial charge in [0.05, 0.1) is 18.0 Å².